The van der Waals surface area contributed by atoms with E-state index in [1.54, 1.807) is 61.0 Å². The highest BCUT2D eigenvalue weighted by atomic mass is 16.3. The largest absolute Gasteiger partial charge is 0.507 e. The molecule has 0 heterocycles. The summed E-state index contributed by atoms with van der Waals surface area (Å²) in [6.45, 7) is 7.85. The van der Waals surface area contributed by atoms with E-state index < -0.39 is 0 Å². The molecule has 0 bridgehead atoms. The molecule has 4 N–H and O–H groups in total. The van der Waals surface area contributed by atoms with Gasteiger partial charge in [0.25, 0.3) is 0 Å². The highest BCUT2D eigenvalue weighted by Crippen LogP contribution is 2.18. The predicted molar refractivity (Wildman–Crippen MR) is 125 cm³/mol. The molecule has 0 amide bonds. The van der Waals surface area contributed by atoms with Crippen LogP contribution in [0.2, 0.25) is 0 Å². The maximum Gasteiger partial charge on any atom is 0.124 e. The van der Waals surface area contributed by atoms with Gasteiger partial charge in [0.15, 0.2) is 0 Å². The van der Waals surface area contributed by atoms with Crippen LogP contribution in [0.5, 0.6) is 11.5 Å². The number of phenolic OH excluding ortho intramolecular Hbond substituents is 2. The second-order valence-electron chi connectivity index (χ2n) is 5.83. The van der Waals surface area contributed by atoms with Crippen molar-refractivity contribution in [3.05, 3.63) is 59.7 Å². The standard InChI is InChI=1S/C20H24N2O4.2C2H6/c23-11-9-17(21-13-15-5-1-3-7-19(15)25)18(10-12-24)22-14-16-6-2-4-8-20(16)26;2*1-2/h1-8,13-14,17-18,23-26H,9-12H2;2*1-2H3. The Labute approximate surface area is 180 Å². The van der Waals surface area contributed by atoms with Gasteiger partial charge in [-0.05, 0) is 37.1 Å². The molecule has 2 rings (SSSR count). The van der Waals surface area contributed by atoms with Crippen LogP contribution in [0, 0.1) is 0 Å². The third-order valence-electron chi connectivity index (χ3n) is 3.98. The minimum atomic E-state index is -0.367. The van der Waals surface area contributed by atoms with E-state index in [0.717, 1.165) is 0 Å². The molecule has 0 radical (unpaired) electrons. The highest BCUT2D eigenvalue weighted by molar-refractivity contribution is 5.84. The SMILES string of the molecule is CC.CC.OCCC(N=Cc1ccccc1O)C(CCO)N=Cc1ccccc1O. The summed E-state index contributed by atoms with van der Waals surface area (Å²) in [5.41, 5.74) is 1.14. The molecule has 0 aromatic heterocycles. The summed E-state index contributed by atoms with van der Waals surface area (Å²) in [7, 11) is 0. The lowest BCUT2D eigenvalue weighted by Crippen LogP contribution is -2.25. The Morgan fingerprint density at radius 3 is 1.30 bits per heavy atom. The van der Waals surface area contributed by atoms with Crippen molar-refractivity contribution in [2.24, 2.45) is 9.98 Å². The molecule has 0 saturated heterocycles. The van der Waals surface area contributed by atoms with Crippen molar-refractivity contribution >= 4 is 12.4 Å². The van der Waals surface area contributed by atoms with E-state index in [1.807, 2.05) is 27.7 Å². The second kappa shape index (κ2) is 17.2. The number of rotatable bonds is 9. The fraction of sp³-hybridized carbons (Fsp3) is 0.417. The van der Waals surface area contributed by atoms with Crippen molar-refractivity contribution in [1.82, 2.24) is 0 Å². The lowest BCUT2D eigenvalue weighted by Gasteiger charge is -2.19. The summed E-state index contributed by atoms with van der Waals surface area (Å²) >= 11 is 0. The summed E-state index contributed by atoms with van der Waals surface area (Å²) in [4.78, 5) is 8.93. The maximum atomic E-state index is 9.84. The van der Waals surface area contributed by atoms with Crippen LogP contribution >= 0.6 is 0 Å². The number of aliphatic hydroxyl groups is 2. The molecule has 0 aliphatic carbocycles. The minimum Gasteiger partial charge on any atom is -0.507 e. The third-order valence-corrected chi connectivity index (χ3v) is 3.98. The fourth-order valence-corrected chi connectivity index (χ4v) is 2.54. The van der Waals surface area contributed by atoms with Gasteiger partial charge >= 0.3 is 0 Å². The first-order valence-corrected chi connectivity index (χ1v) is 10.5. The normalized spacial score (nSPS) is 12.6. The number of nitrogens with zero attached hydrogens (tertiary/aromatic N) is 2. The second-order valence-corrected chi connectivity index (χ2v) is 5.83. The van der Waals surface area contributed by atoms with Crippen LogP contribution in [0.25, 0.3) is 0 Å². The zero-order valence-electron chi connectivity index (χ0n) is 18.4. The molecular weight excluding hydrogens is 380 g/mol. The van der Waals surface area contributed by atoms with Gasteiger partial charge in [-0.15, -0.1) is 0 Å². The molecule has 6 heteroatoms. The first-order chi connectivity index (χ1) is 14.7. The van der Waals surface area contributed by atoms with Gasteiger partial charge in [0.2, 0.25) is 0 Å². The molecule has 2 aromatic rings. The van der Waals surface area contributed by atoms with E-state index >= 15 is 0 Å². The molecule has 0 aliphatic heterocycles. The quantitative estimate of drug-likeness (QED) is 0.460. The Hall–Kier alpha value is -2.70. The van der Waals surface area contributed by atoms with Crippen LogP contribution < -0.4 is 0 Å². The molecule has 2 aromatic carbocycles. The summed E-state index contributed by atoms with van der Waals surface area (Å²) in [6, 6.07) is 12.9. The average Bonchev–Trinajstić information content (AvgIpc) is 2.79. The number of hydrogen-bond donors (Lipinski definition) is 4. The van der Waals surface area contributed by atoms with Crippen LogP contribution in [0.3, 0.4) is 0 Å². The van der Waals surface area contributed by atoms with Crippen molar-refractivity contribution in [3.63, 3.8) is 0 Å². The molecule has 2 unspecified atom stereocenters. The molecule has 0 spiro atoms. The van der Waals surface area contributed by atoms with Crippen LogP contribution in [-0.2, 0) is 0 Å². The smallest absolute Gasteiger partial charge is 0.124 e. The van der Waals surface area contributed by atoms with E-state index in [4.69, 9.17) is 0 Å². The van der Waals surface area contributed by atoms with Crippen LogP contribution in [0.15, 0.2) is 58.5 Å². The van der Waals surface area contributed by atoms with E-state index in [2.05, 4.69) is 9.98 Å². The molecule has 2 atom stereocenters. The molecule has 0 aliphatic rings. The van der Waals surface area contributed by atoms with Gasteiger partial charge in [-0.2, -0.15) is 0 Å². The predicted octanol–water partition coefficient (Wildman–Crippen LogP) is 4.19. The lowest BCUT2D eigenvalue weighted by molar-refractivity contribution is 0.243. The third kappa shape index (κ3) is 9.67. The first kappa shape index (κ1) is 27.3. The monoisotopic (exact) mass is 416 g/mol. The van der Waals surface area contributed by atoms with Gasteiger partial charge in [0.1, 0.15) is 11.5 Å². The average molecular weight is 417 g/mol. The van der Waals surface area contributed by atoms with E-state index in [0.29, 0.717) is 24.0 Å². The molecule has 166 valence electrons. The summed E-state index contributed by atoms with van der Waals surface area (Å²) in [5, 5.41) is 38.4. The molecule has 30 heavy (non-hydrogen) atoms. The summed E-state index contributed by atoms with van der Waals surface area (Å²) in [6.07, 6.45) is 3.84. The first-order valence-electron chi connectivity index (χ1n) is 10.5. The Morgan fingerprint density at radius 2 is 1.00 bits per heavy atom. The number of aliphatic hydroxyl groups excluding tert-OH is 2. The Kier molecular flexibility index (Phi) is 15.6. The van der Waals surface area contributed by atoms with Gasteiger partial charge in [-0.1, -0.05) is 52.0 Å². The minimum absolute atomic E-state index is 0.0726. The zero-order valence-corrected chi connectivity index (χ0v) is 18.4. The van der Waals surface area contributed by atoms with Crippen molar-refractivity contribution in [2.75, 3.05) is 13.2 Å². The summed E-state index contributed by atoms with van der Waals surface area (Å²) < 4.78 is 0. The number of aromatic hydroxyl groups is 2. The Balaban J connectivity index is 0.00000198. The Morgan fingerprint density at radius 1 is 0.667 bits per heavy atom. The fourth-order valence-electron chi connectivity index (χ4n) is 2.54. The van der Waals surface area contributed by atoms with Crippen LogP contribution in [0.1, 0.15) is 51.7 Å². The zero-order chi connectivity index (χ0) is 22.8. The van der Waals surface area contributed by atoms with Gasteiger partial charge < -0.3 is 20.4 Å². The topological polar surface area (TPSA) is 106 Å². The van der Waals surface area contributed by atoms with Crippen molar-refractivity contribution in [2.45, 2.75) is 52.6 Å². The number of hydrogen-bond acceptors (Lipinski definition) is 6. The van der Waals surface area contributed by atoms with Crippen molar-refractivity contribution in [1.29, 1.82) is 0 Å². The van der Waals surface area contributed by atoms with Crippen molar-refractivity contribution in [3.8, 4) is 11.5 Å². The van der Waals surface area contributed by atoms with E-state index in [1.165, 1.54) is 0 Å². The molecular formula is C24H36N2O4. The maximum absolute atomic E-state index is 9.84. The highest BCUT2D eigenvalue weighted by Gasteiger charge is 2.19. The number of para-hydroxylation sites is 2. The van der Waals surface area contributed by atoms with E-state index in [-0.39, 0.29) is 36.8 Å². The van der Waals surface area contributed by atoms with Gasteiger partial charge in [-0.25, -0.2) is 0 Å². The van der Waals surface area contributed by atoms with Gasteiger partial charge in [-0.3, -0.25) is 9.98 Å². The molecule has 6 nitrogen and oxygen atoms in total. The Bertz CT molecular complexity index is 684. The summed E-state index contributed by atoms with van der Waals surface area (Å²) in [5.74, 6) is 0.242. The number of aliphatic imine (C=N–C) groups is 2. The molecule has 0 saturated carbocycles. The van der Waals surface area contributed by atoms with E-state index in [9.17, 15) is 20.4 Å². The lowest BCUT2D eigenvalue weighted by atomic mass is 10.0. The number of phenols is 2. The van der Waals surface area contributed by atoms with Gasteiger partial charge in [0, 0.05) is 36.8 Å². The van der Waals surface area contributed by atoms with Crippen LogP contribution in [-0.4, -0.2) is 58.2 Å². The van der Waals surface area contributed by atoms with Crippen LogP contribution in [0.4, 0.5) is 0 Å². The van der Waals surface area contributed by atoms with Crippen molar-refractivity contribution < 1.29 is 20.4 Å². The van der Waals surface area contributed by atoms with Gasteiger partial charge in [0.05, 0.1) is 12.1 Å². The molecule has 0 fully saturated rings. The number of benzene rings is 2.